The Morgan fingerprint density at radius 2 is 1.50 bits per heavy atom. The highest BCUT2D eigenvalue weighted by Gasteiger charge is 2.02. The summed E-state index contributed by atoms with van der Waals surface area (Å²) in [5.74, 6) is 0. The average molecular weight is 246 g/mol. The van der Waals surface area contributed by atoms with Gasteiger partial charge in [0.1, 0.15) is 0 Å². The van der Waals surface area contributed by atoms with Crippen LogP contribution in [0, 0.1) is 6.92 Å². The molecule has 18 heavy (non-hydrogen) atoms. The molecule has 0 saturated heterocycles. The Bertz CT molecular complexity index is 464. The van der Waals surface area contributed by atoms with Crippen molar-refractivity contribution >= 4 is 0 Å². The van der Waals surface area contributed by atoms with Gasteiger partial charge in [-0.3, -0.25) is 0 Å². The summed E-state index contributed by atoms with van der Waals surface area (Å²) >= 11 is 0. The van der Waals surface area contributed by atoms with Crippen molar-refractivity contribution in [2.45, 2.75) is 26.7 Å². The molecule has 0 radical (unpaired) electrons. The smallest absolute Gasteiger partial charge is 0.00229 e. The molecule has 98 valence electrons. The van der Waals surface area contributed by atoms with Gasteiger partial charge in [-0.25, -0.2) is 0 Å². The van der Waals surface area contributed by atoms with Crippen LogP contribution in [0.1, 0.15) is 29.2 Å². The summed E-state index contributed by atoms with van der Waals surface area (Å²) in [6.45, 7) is 4.38. The molecule has 2 rings (SSSR count). The minimum atomic E-state index is 0. The van der Waals surface area contributed by atoms with Crippen molar-refractivity contribution in [2.75, 3.05) is 0 Å². The Kier molecular flexibility index (Phi) is 6.94. The van der Waals surface area contributed by atoms with E-state index in [9.17, 15) is 0 Å². The summed E-state index contributed by atoms with van der Waals surface area (Å²) in [7, 11) is 0. The lowest BCUT2D eigenvalue weighted by Gasteiger charge is -2.09. The highest BCUT2D eigenvalue weighted by atomic mass is 16.0. The first-order chi connectivity index (χ1) is 7.79. The molecule has 4 N–H and O–H groups in total. The molecule has 2 aromatic rings. The van der Waals surface area contributed by atoms with Gasteiger partial charge in [0.15, 0.2) is 0 Å². The molecule has 0 aliphatic heterocycles. The zero-order valence-electron chi connectivity index (χ0n) is 11.0. The summed E-state index contributed by atoms with van der Waals surface area (Å²) < 4.78 is 0. The van der Waals surface area contributed by atoms with Crippen LogP contribution in [0.15, 0.2) is 48.5 Å². The largest absolute Gasteiger partial charge is 0.412 e. The monoisotopic (exact) mass is 246 g/mol. The summed E-state index contributed by atoms with van der Waals surface area (Å²) in [5, 5.41) is 0. The standard InChI is InChI=1S/C16H18.2H2O/c1-3-15-10-9-13(2)11-16(15)12-14-7-5-4-6-8-14;;/h4-11H,3,12H2,1-2H3;2*1H2. The second-order valence-electron chi connectivity index (χ2n) is 4.29. The van der Waals surface area contributed by atoms with Gasteiger partial charge < -0.3 is 11.0 Å². The van der Waals surface area contributed by atoms with Gasteiger partial charge >= 0.3 is 0 Å². The van der Waals surface area contributed by atoms with Crippen molar-refractivity contribution in [3.8, 4) is 0 Å². The van der Waals surface area contributed by atoms with E-state index in [1.165, 1.54) is 22.3 Å². The van der Waals surface area contributed by atoms with Gasteiger partial charge in [0.2, 0.25) is 0 Å². The van der Waals surface area contributed by atoms with Crippen molar-refractivity contribution in [1.82, 2.24) is 0 Å². The fourth-order valence-corrected chi connectivity index (χ4v) is 2.08. The number of rotatable bonds is 3. The Morgan fingerprint density at radius 1 is 0.833 bits per heavy atom. The van der Waals surface area contributed by atoms with Gasteiger partial charge in [-0.05, 0) is 36.5 Å². The van der Waals surface area contributed by atoms with Gasteiger partial charge in [0.05, 0.1) is 0 Å². The quantitative estimate of drug-likeness (QED) is 0.799. The maximum absolute atomic E-state index is 2.31. The zero-order valence-corrected chi connectivity index (χ0v) is 11.0. The van der Waals surface area contributed by atoms with Crippen LogP contribution in [0.3, 0.4) is 0 Å². The van der Waals surface area contributed by atoms with E-state index in [0.29, 0.717) is 0 Å². The van der Waals surface area contributed by atoms with Crippen molar-refractivity contribution in [3.63, 3.8) is 0 Å². The fraction of sp³-hybridized carbons (Fsp3) is 0.250. The second kappa shape index (κ2) is 7.64. The predicted molar refractivity (Wildman–Crippen MR) is 77.0 cm³/mol. The lowest BCUT2D eigenvalue weighted by Crippen LogP contribution is -1.95. The average Bonchev–Trinajstić information content (AvgIpc) is 2.31. The minimum Gasteiger partial charge on any atom is -0.412 e. The normalized spacial score (nSPS) is 9.22. The Balaban J connectivity index is 0.00000144. The predicted octanol–water partition coefficient (Wildman–Crippen LogP) is 2.50. The fourth-order valence-electron chi connectivity index (χ4n) is 2.08. The van der Waals surface area contributed by atoms with Crippen molar-refractivity contribution < 1.29 is 11.0 Å². The maximum atomic E-state index is 2.31. The third-order valence-electron chi connectivity index (χ3n) is 2.98. The molecular weight excluding hydrogens is 224 g/mol. The molecule has 2 nitrogen and oxygen atoms in total. The van der Waals surface area contributed by atoms with Crippen LogP contribution in [0.2, 0.25) is 0 Å². The molecule has 0 amide bonds. The van der Waals surface area contributed by atoms with E-state index in [-0.39, 0.29) is 11.0 Å². The first kappa shape index (κ1) is 16.4. The van der Waals surface area contributed by atoms with Crippen LogP contribution in [0.25, 0.3) is 0 Å². The van der Waals surface area contributed by atoms with Crippen LogP contribution in [0.4, 0.5) is 0 Å². The molecule has 0 bridgehead atoms. The van der Waals surface area contributed by atoms with E-state index in [2.05, 4.69) is 62.4 Å². The molecular formula is C16H22O2. The van der Waals surface area contributed by atoms with Crippen LogP contribution >= 0.6 is 0 Å². The van der Waals surface area contributed by atoms with Crippen molar-refractivity contribution in [1.29, 1.82) is 0 Å². The van der Waals surface area contributed by atoms with Crippen LogP contribution in [-0.2, 0) is 12.8 Å². The zero-order chi connectivity index (χ0) is 11.4. The molecule has 0 fully saturated rings. The van der Waals surface area contributed by atoms with Gasteiger partial charge in [-0.2, -0.15) is 0 Å². The van der Waals surface area contributed by atoms with Crippen molar-refractivity contribution in [3.05, 3.63) is 70.8 Å². The van der Waals surface area contributed by atoms with E-state index in [1.54, 1.807) is 0 Å². The first-order valence-corrected chi connectivity index (χ1v) is 5.92. The first-order valence-electron chi connectivity index (χ1n) is 5.92. The Morgan fingerprint density at radius 3 is 2.11 bits per heavy atom. The van der Waals surface area contributed by atoms with Gasteiger partial charge in [-0.15, -0.1) is 0 Å². The minimum absolute atomic E-state index is 0. The van der Waals surface area contributed by atoms with E-state index in [4.69, 9.17) is 0 Å². The molecule has 0 aromatic heterocycles. The molecule has 0 unspecified atom stereocenters. The summed E-state index contributed by atoms with van der Waals surface area (Å²) in [6.07, 6.45) is 2.16. The molecule has 0 spiro atoms. The second-order valence-corrected chi connectivity index (χ2v) is 4.29. The van der Waals surface area contributed by atoms with Crippen molar-refractivity contribution in [2.24, 2.45) is 0 Å². The van der Waals surface area contributed by atoms with E-state index >= 15 is 0 Å². The molecule has 2 aromatic carbocycles. The van der Waals surface area contributed by atoms with Gasteiger partial charge in [-0.1, -0.05) is 61.0 Å². The van der Waals surface area contributed by atoms with E-state index in [0.717, 1.165) is 12.8 Å². The number of hydrogen-bond donors (Lipinski definition) is 0. The summed E-state index contributed by atoms with van der Waals surface area (Å²) in [5.41, 5.74) is 5.68. The number of hydrogen-bond acceptors (Lipinski definition) is 0. The van der Waals surface area contributed by atoms with Crippen LogP contribution in [0.5, 0.6) is 0 Å². The molecule has 0 heterocycles. The third-order valence-corrected chi connectivity index (χ3v) is 2.98. The summed E-state index contributed by atoms with van der Waals surface area (Å²) in [6, 6.07) is 17.4. The van der Waals surface area contributed by atoms with Gasteiger partial charge in [0.25, 0.3) is 0 Å². The van der Waals surface area contributed by atoms with E-state index in [1.807, 2.05) is 0 Å². The number of benzene rings is 2. The van der Waals surface area contributed by atoms with Gasteiger partial charge in [0, 0.05) is 0 Å². The van der Waals surface area contributed by atoms with Crippen LogP contribution in [-0.4, -0.2) is 11.0 Å². The molecule has 0 saturated carbocycles. The lowest BCUT2D eigenvalue weighted by molar-refractivity contribution is 0.823. The van der Waals surface area contributed by atoms with Crippen LogP contribution < -0.4 is 0 Å². The molecule has 2 heteroatoms. The Hall–Kier alpha value is -1.64. The van der Waals surface area contributed by atoms with E-state index < -0.39 is 0 Å². The molecule has 0 aliphatic rings. The number of aryl methyl sites for hydroxylation is 2. The summed E-state index contributed by atoms with van der Waals surface area (Å²) in [4.78, 5) is 0. The molecule has 0 atom stereocenters. The molecule has 0 aliphatic carbocycles. The lowest BCUT2D eigenvalue weighted by atomic mass is 9.96. The Labute approximate surface area is 109 Å². The maximum Gasteiger partial charge on any atom is -0.00229 e. The third kappa shape index (κ3) is 3.99. The highest BCUT2D eigenvalue weighted by molar-refractivity contribution is 5.35. The topological polar surface area (TPSA) is 63.0 Å². The SMILES string of the molecule is CCc1ccc(C)cc1Cc1ccccc1.O.O. The highest BCUT2D eigenvalue weighted by Crippen LogP contribution is 2.16.